The van der Waals surface area contributed by atoms with Crippen molar-refractivity contribution in [3.8, 4) is 11.5 Å². The monoisotopic (exact) mass is 409 g/mol. The van der Waals surface area contributed by atoms with Crippen molar-refractivity contribution in [3.05, 3.63) is 47.5 Å². The number of ether oxygens (including phenoxy) is 2. The second-order valence-electron chi connectivity index (χ2n) is 7.73. The van der Waals surface area contributed by atoms with Gasteiger partial charge in [-0.1, -0.05) is 6.42 Å². The minimum absolute atomic E-state index is 0.0495. The molecular formula is C23H27N3O4. The first kappa shape index (κ1) is 20.1. The maximum absolute atomic E-state index is 13.0. The van der Waals surface area contributed by atoms with Crippen molar-refractivity contribution < 1.29 is 19.1 Å². The quantitative estimate of drug-likeness (QED) is 0.833. The van der Waals surface area contributed by atoms with E-state index >= 15 is 0 Å². The normalized spacial score (nSPS) is 18.2. The van der Waals surface area contributed by atoms with Crippen molar-refractivity contribution in [1.82, 2.24) is 4.90 Å². The van der Waals surface area contributed by atoms with Crippen LogP contribution in [-0.4, -0.2) is 50.7 Å². The zero-order valence-electron chi connectivity index (χ0n) is 17.6. The highest BCUT2D eigenvalue weighted by molar-refractivity contribution is 6.08. The van der Waals surface area contributed by atoms with Crippen LogP contribution in [0, 0.1) is 0 Å². The number of hydrogen-bond acceptors (Lipinski definition) is 5. The summed E-state index contributed by atoms with van der Waals surface area (Å²) in [4.78, 5) is 30.1. The summed E-state index contributed by atoms with van der Waals surface area (Å²) >= 11 is 0. The summed E-state index contributed by atoms with van der Waals surface area (Å²) in [6.45, 7) is 0.785. The molecule has 4 rings (SSSR count). The van der Waals surface area contributed by atoms with Gasteiger partial charge in [-0.2, -0.15) is 0 Å². The van der Waals surface area contributed by atoms with Gasteiger partial charge in [-0.15, -0.1) is 0 Å². The Morgan fingerprint density at radius 2 is 1.77 bits per heavy atom. The molecule has 0 unspecified atom stereocenters. The van der Waals surface area contributed by atoms with Gasteiger partial charge in [0.05, 0.1) is 25.5 Å². The molecule has 2 aromatic carbocycles. The minimum atomic E-state index is -0.253. The summed E-state index contributed by atoms with van der Waals surface area (Å²) in [6, 6.07) is 10.5. The topological polar surface area (TPSA) is 71.1 Å². The number of fused-ring (bicyclic) bond motifs is 2. The standard InChI is InChI=1S/C23H27N3O4/c1-25-20-11-15(22(27)24-16-12-17(29-2)14-18(13-16)30-3)8-9-19(20)23(28)26-10-6-4-5-7-21(25)26/h8-9,11-14,21H,4-7,10H2,1-3H3,(H,24,27)/t21-/m0/s1. The molecule has 0 bridgehead atoms. The summed E-state index contributed by atoms with van der Waals surface area (Å²) in [5.74, 6) is 0.986. The van der Waals surface area contributed by atoms with Crippen LogP contribution in [0.3, 0.4) is 0 Å². The van der Waals surface area contributed by atoms with Gasteiger partial charge in [-0.3, -0.25) is 9.59 Å². The fourth-order valence-electron chi connectivity index (χ4n) is 4.27. The molecule has 1 saturated heterocycles. The van der Waals surface area contributed by atoms with Crippen LogP contribution >= 0.6 is 0 Å². The average Bonchev–Trinajstić information content (AvgIpc) is 3.03. The van der Waals surface area contributed by atoms with Gasteiger partial charge < -0.3 is 24.6 Å². The number of methoxy groups -OCH3 is 2. The Bertz CT molecular complexity index is 953. The second-order valence-corrected chi connectivity index (χ2v) is 7.73. The Labute approximate surface area is 176 Å². The summed E-state index contributed by atoms with van der Waals surface area (Å²) < 4.78 is 10.5. The van der Waals surface area contributed by atoms with E-state index in [1.54, 1.807) is 44.6 Å². The molecular weight excluding hydrogens is 382 g/mol. The van der Waals surface area contributed by atoms with Gasteiger partial charge in [-0.25, -0.2) is 0 Å². The van der Waals surface area contributed by atoms with Crippen LogP contribution in [0.5, 0.6) is 11.5 Å². The molecule has 2 aliphatic heterocycles. The van der Waals surface area contributed by atoms with Crippen LogP contribution in [0.25, 0.3) is 0 Å². The predicted octanol–water partition coefficient (Wildman–Crippen LogP) is 3.75. The van der Waals surface area contributed by atoms with Gasteiger partial charge in [0.2, 0.25) is 0 Å². The number of benzene rings is 2. The van der Waals surface area contributed by atoms with Crippen molar-refractivity contribution in [3.63, 3.8) is 0 Å². The fourth-order valence-corrected chi connectivity index (χ4v) is 4.27. The van der Waals surface area contributed by atoms with E-state index in [1.165, 1.54) is 0 Å². The number of nitrogens with zero attached hydrogens (tertiary/aromatic N) is 2. The number of hydrogen-bond donors (Lipinski definition) is 1. The Hall–Kier alpha value is -3.22. The molecule has 0 saturated carbocycles. The molecule has 30 heavy (non-hydrogen) atoms. The number of rotatable bonds is 4. The molecule has 2 amide bonds. The number of amides is 2. The van der Waals surface area contributed by atoms with E-state index in [9.17, 15) is 9.59 Å². The van der Waals surface area contributed by atoms with Gasteiger partial charge >= 0.3 is 0 Å². The summed E-state index contributed by atoms with van der Waals surface area (Å²) in [5, 5.41) is 2.89. The summed E-state index contributed by atoms with van der Waals surface area (Å²) in [5.41, 5.74) is 2.53. The van der Waals surface area contributed by atoms with Crippen LogP contribution in [0.15, 0.2) is 36.4 Å². The van der Waals surface area contributed by atoms with Crippen molar-refractivity contribution in [1.29, 1.82) is 0 Å². The zero-order chi connectivity index (χ0) is 21.3. The minimum Gasteiger partial charge on any atom is -0.497 e. The lowest BCUT2D eigenvalue weighted by atomic mass is 10.0. The van der Waals surface area contributed by atoms with Crippen LogP contribution in [-0.2, 0) is 0 Å². The van der Waals surface area contributed by atoms with Crippen molar-refractivity contribution >= 4 is 23.2 Å². The number of carbonyl (C=O) groups excluding carboxylic acids is 2. The molecule has 7 nitrogen and oxygen atoms in total. The molecule has 1 fully saturated rings. The van der Waals surface area contributed by atoms with Crippen LogP contribution in [0.4, 0.5) is 11.4 Å². The highest BCUT2D eigenvalue weighted by atomic mass is 16.5. The lowest BCUT2D eigenvalue weighted by Crippen LogP contribution is -2.53. The van der Waals surface area contributed by atoms with E-state index in [2.05, 4.69) is 10.2 Å². The van der Waals surface area contributed by atoms with Crippen molar-refractivity contribution in [2.24, 2.45) is 0 Å². The van der Waals surface area contributed by atoms with Gasteiger partial charge in [0.25, 0.3) is 11.8 Å². The third-order valence-corrected chi connectivity index (χ3v) is 5.91. The lowest BCUT2D eigenvalue weighted by Gasteiger charge is -2.43. The Balaban J connectivity index is 1.61. The van der Waals surface area contributed by atoms with Crippen LogP contribution in [0.2, 0.25) is 0 Å². The fraction of sp³-hybridized carbons (Fsp3) is 0.391. The Morgan fingerprint density at radius 3 is 2.47 bits per heavy atom. The van der Waals surface area contributed by atoms with E-state index in [1.807, 2.05) is 18.0 Å². The average molecular weight is 409 g/mol. The Kier molecular flexibility index (Phi) is 5.53. The maximum atomic E-state index is 13.0. The largest absolute Gasteiger partial charge is 0.497 e. The lowest BCUT2D eigenvalue weighted by molar-refractivity contribution is 0.0661. The van der Waals surface area contributed by atoms with Gasteiger partial charge in [0, 0.05) is 43.0 Å². The molecule has 2 aliphatic rings. The second kappa shape index (κ2) is 8.26. The third kappa shape index (κ3) is 3.67. The maximum Gasteiger partial charge on any atom is 0.257 e. The highest BCUT2D eigenvalue weighted by Gasteiger charge is 2.36. The first-order chi connectivity index (χ1) is 14.5. The number of anilines is 2. The van der Waals surface area contributed by atoms with E-state index in [0.717, 1.165) is 37.9 Å². The molecule has 7 heteroatoms. The van der Waals surface area contributed by atoms with Gasteiger partial charge in [0.1, 0.15) is 17.7 Å². The van der Waals surface area contributed by atoms with Crippen LogP contribution < -0.4 is 19.7 Å². The van der Waals surface area contributed by atoms with E-state index in [0.29, 0.717) is 28.3 Å². The highest BCUT2D eigenvalue weighted by Crippen LogP contribution is 2.34. The first-order valence-corrected chi connectivity index (χ1v) is 10.2. The van der Waals surface area contributed by atoms with Crippen LogP contribution in [0.1, 0.15) is 46.4 Å². The third-order valence-electron chi connectivity index (χ3n) is 5.91. The van der Waals surface area contributed by atoms with E-state index < -0.39 is 0 Å². The molecule has 2 heterocycles. The molecule has 2 aromatic rings. The van der Waals surface area contributed by atoms with Gasteiger partial charge in [-0.05, 0) is 37.5 Å². The molecule has 0 aliphatic carbocycles. The van der Waals surface area contributed by atoms with E-state index in [4.69, 9.17) is 9.47 Å². The Morgan fingerprint density at radius 1 is 1.03 bits per heavy atom. The molecule has 0 spiro atoms. The number of carbonyl (C=O) groups is 2. The smallest absolute Gasteiger partial charge is 0.257 e. The number of nitrogens with one attached hydrogen (secondary N) is 1. The summed E-state index contributed by atoms with van der Waals surface area (Å²) in [7, 11) is 5.13. The summed E-state index contributed by atoms with van der Waals surface area (Å²) in [6.07, 6.45) is 4.28. The SMILES string of the molecule is COc1cc(NC(=O)c2ccc3c(c2)N(C)[C@@H]2CCCCCN2C3=O)cc(OC)c1. The van der Waals surface area contributed by atoms with Crippen molar-refractivity contribution in [2.75, 3.05) is 38.0 Å². The molecule has 1 atom stereocenters. The first-order valence-electron chi connectivity index (χ1n) is 10.2. The van der Waals surface area contributed by atoms with Gasteiger partial charge in [0.15, 0.2) is 0 Å². The molecule has 158 valence electrons. The molecule has 0 aromatic heterocycles. The molecule has 0 radical (unpaired) electrons. The predicted molar refractivity (Wildman–Crippen MR) is 116 cm³/mol. The molecule has 1 N–H and O–H groups in total. The zero-order valence-corrected chi connectivity index (χ0v) is 17.6. The van der Waals surface area contributed by atoms with E-state index in [-0.39, 0.29) is 18.0 Å². The van der Waals surface area contributed by atoms with Crippen molar-refractivity contribution in [2.45, 2.75) is 31.8 Å².